The van der Waals surface area contributed by atoms with Crippen molar-refractivity contribution in [2.24, 2.45) is 11.8 Å². The van der Waals surface area contributed by atoms with Gasteiger partial charge in [-0.05, 0) is 31.1 Å². The molecular weight excluding hydrogens is 196 g/mol. The first-order valence-corrected chi connectivity index (χ1v) is 7.11. The topological polar surface area (TPSA) is 15.3 Å². The first-order chi connectivity index (χ1) is 7.61. The van der Waals surface area contributed by atoms with Gasteiger partial charge in [-0.3, -0.25) is 4.90 Å². The highest BCUT2D eigenvalue weighted by molar-refractivity contribution is 4.94. The molecule has 1 saturated carbocycles. The Balaban J connectivity index is 1.94. The van der Waals surface area contributed by atoms with E-state index >= 15 is 0 Å². The number of nitrogens with zero attached hydrogens (tertiary/aromatic N) is 1. The van der Waals surface area contributed by atoms with Crippen LogP contribution in [0.2, 0.25) is 0 Å². The van der Waals surface area contributed by atoms with Crippen molar-refractivity contribution in [3.05, 3.63) is 0 Å². The normalized spacial score (nSPS) is 41.1. The van der Waals surface area contributed by atoms with Gasteiger partial charge in [0, 0.05) is 31.2 Å². The van der Waals surface area contributed by atoms with E-state index in [0.717, 1.165) is 23.9 Å². The van der Waals surface area contributed by atoms with Crippen LogP contribution in [0.25, 0.3) is 0 Å². The summed E-state index contributed by atoms with van der Waals surface area (Å²) in [7, 11) is 0. The van der Waals surface area contributed by atoms with Crippen LogP contribution in [-0.4, -0.2) is 36.1 Å². The van der Waals surface area contributed by atoms with Gasteiger partial charge < -0.3 is 5.32 Å². The quantitative estimate of drug-likeness (QED) is 0.792. The van der Waals surface area contributed by atoms with Crippen LogP contribution in [-0.2, 0) is 0 Å². The summed E-state index contributed by atoms with van der Waals surface area (Å²) in [5.74, 6) is 1.73. The Kier molecular flexibility index (Phi) is 3.91. The monoisotopic (exact) mass is 224 g/mol. The van der Waals surface area contributed by atoms with E-state index in [1.54, 1.807) is 0 Å². The van der Waals surface area contributed by atoms with Gasteiger partial charge in [-0.15, -0.1) is 0 Å². The van der Waals surface area contributed by atoms with Crippen molar-refractivity contribution in [3.8, 4) is 0 Å². The third-order valence-corrected chi connectivity index (χ3v) is 4.59. The number of hydrogen-bond acceptors (Lipinski definition) is 2. The van der Waals surface area contributed by atoms with Crippen LogP contribution < -0.4 is 5.32 Å². The van der Waals surface area contributed by atoms with Crippen LogP contribution in [0.3, 0.4) is 0 Å². The van der Waals surface area contributed by atoms with E-state index in [9.17, 15) is 0 Å². The van der Waals surface area contributed by atoms with E-state index in [2.05, 4.69) is 37.9 Å². The molecule has 1 heterocycles. The average Bonchev–Trinajstić information content (AvgIpc) is 2.24. The fraction of sp³-hybridized carbons (Fsp3) is 1.00. The Bertz CT molecular complexity index is 221. The minimum atomic E-state index is 0.707. The highest BCUT2D eigenvalue weighted by atomic mass is 15.3. The predicted octanol–water partition coefficient (Wildman–Crippen LogP) is 2.49. The molecule has 2 rings (SSSR count). The average molecular weight is 224 g/mol. The van der Waals surface area contributed by atoms with Crippen LogP contribution in [0, 0.1) is 11.8 Å². The molecule has 16 heavy (non-hydrogen) atoms. The van der Waals surface area contributed by atoms with Gasteiger partial charge in [0.15, 0.2) is 0 Å². The lowest BCUT2D eigenvalue weighted by atomic mass is 9.79. The van der Waals surface area contributed by atoms with Gasteiger partial charge >= 0.3 is 0 Å². The van der Waals surface area contributed by atoms with Crippen LogP contribution in [0.5, 0.6) is 0 Å². The molecule has 94 valence electrons. The summed E-state index contributed by atoms with van der Waals surface area (Å²) in [6.07, 6.45) is 4.16. The van der Waals surface area contributed by atoms with Crippen molar-refractivity contribution in [1.29, 1.82) is 0 Å². The molecule has 2 unspecified atom stereocenters. The Morgan fingerprint density at radius 3 is 2.50 bits per heavy atom. The molecule has 1 saturated heterocycles. The first-order valence-electron chi connectivity index (χ1n) is 7.11. The lowest BCUT2D eigenvalue weighted by molar-refractivity contribution is 0.0101. The van der Waals surface area contributed by atoms with Crippen molar-refractivity contribution in [2.45, 2.75) is 65.1 Å². The van der Waals surface area contributed by atoms with Gasteiger partial charge in [-0.2, -0.15) is 0 Å². The smallest absolute Gasteiger partial charge is 0.0221 e. The molecule has 0 spiro atoms. The largest absolute Gasteiger partial charge is 0.311 e. The van der Waals surface area contributed by atoms with Gasteiger partial charge in [0.2, 0.25) is 0 Å². The fourth-order valence-corrected chi connectivity index (χ4v) is 3.25. The van der Waals surface area contributed by atoms with Crippen molar-refractivity contribution >= 4 is 0 Å². The van der Waals surface area contributed by atoms with Crippen LogP contribution in [0.1, 0.15) is 47.0 Å². The second-order valence-electron chi connectivity index (χ2n) is 6.25. The second kappa shape index (κ2) is 5.05. The van der Waals surface area contributed by atoms with Crippen molar-refractivity contribution in [2.75, 3.05) is 13.1 Å². The minimum absolute atomic E-state index is 0.707. The van der Waals surface area contributed by atoms with E-state index in [-0.39, 0.29) is 0 Å². The van der Waals surface area contributed by atoms with Gasteiger partial charge in [0.1, 0.15) is 0 Å². The molecule has 0 aromatic rings. The Hall–Kier alpha value is -0.0800. The zero-order chi connectivity index (χ0) is 11.7. The van der Waals surface area contributed by atoms with Crippen LogP contribution >= 0.6 is 0 Å². The Labute approximate surface area is 101 Å². The van der Waals surface area contributed by atoms with E-state index in [0.29, 0.717) is 6.04 Å². The molecule has 0 aromatic carbocycles. The van der Waals surface area contributed by atoms with Gasteiger partial charge in [0.05, 0.1) is 0 Å². The summed E-state index contributed by atoms with van der Waals surface area (Å²) in [5, 5.41) is 3.72. The first kappa shape index (κ1) is 12.4. The molecule has 2 heteroatoms. The molecule has 2 fully saturated rings. The van der Waals surface area contributed by atoms with Crippen molar-refractivity contribution < 1.29 is 0 Å². The molecule has 0 amide bonds. The maximum Gasteiger partial charge on any atom is 0.0221 e. The summed E-state index contributed by atoms with van der Waals surface area (Å²) >= 11 is 0. The molecule has 2 nitrogen and oxygen atoms in total. The summed E-state index contributed by atoms with van der Waals surface area (Å²) in [5.41, 5.74) is 0. The van der Waals surface area contributed by atoms with Gasteiger partial charge in [0.25, 0.3) is 0 Å². The van der Waals surface area contributed by atoms with E-state index < -0.39 is 0 Å². The zero-order valence-corrected chi connectivity index (χ0v) is 11.4. The predicted molar refractivity (Wildman–Crippen MR) is 69.6 cm³/mol. The van der Waals surface area contributed by atoms with E-state index in [4.69, 9.17) is 0 Å². The molecule has 2 atom stereocenters. The van der Waals surface area contributed by atoms with E-state index in [1.807, 2.05) is 0 Å². The van der Waals surface area contributed by atoms with Crippen LogP contribution in [0.15, 0.2) is 0 Å². The molecule has 1 N–H and O–H groups in total. The molecule has 1 aliphatic carbocycles. The Morgan fingerprint density at radius 2 is 2.00 bits per heavy atom. The maximum atomic E-state index is 3.72. The van der Waals surface area contributed by atoms with Crippen molar-refractivity contribution in [3.63, 3.8) is 0 Å². The highest BCUT2D eigenvalue weighted by Crippen LogP contribution is 2.34. The third kappa shape index (κ3) is 2.43. The minimum Gasteiger partial charge on any atom is -0.311 e. The summed E-state index contributed by atoms with van der Waals surface area (Å²) in [4.78, 5) is 2.81. The summed E-state index contributed by atoms with van der Waals surface area (Å²) in [6, 6.07) is 2.38. The molecular formula is C14H28N2. The molecule has 0 aromatic heterocycles. The molecule has 2 aliphatic rings. The number of hydrogen-bond donors (Lipinski definition) is 1. The second-order valence-corrected chi connectivity index (χ2v) is 6.25. The van der Waals surface area contributed by atoms with Crippen LogP contribution in [0.4, 0.5) is 0 Å². The van der Waals surface area contributed by atoms with Gasteiger partial charge in [-0.1, -0.05) is 27.7 Å². The Morgan fingerprint density at radius 1 is 1.31 bits per heavy atom. The molecule has 0 bridgehead atoms. The fourth-order valence-electron chi connectivity index (χ4n) is 3.25. The zero-order valence-electron chi connectivity index (χ0n) is 11.4. The SMILES string of the molecule is CCC1CNC(C(C)C)CN1C1CC(C)C1. The molecule has 1 aliphatic heterocycles. The summed E-state index contributed by atoms with van der Waals surface area (Å²) in [6.45, 7) is 11.9. The van der Waals surface area contributed by atoms with E-state index in [1.165, 1.54) is 32.4 Å². The standard InChI is InChI=1S/C14H28N2/c1-5-12-8-15-14(10(2)3)9-16(12)13-6-11(4)7-13/h10-15H,5-9H2,1-4H3. The highest BCUT2D eigenvalue weighted by Gasteiger charge is 2.37. The molecule has 0 radical (unpaired) electrons. The summed E-state index contributed by atoms with van der Waals surface area (Å²) < 4.78 is 0. The lowest BCUT2D eigenvalue weighted by Gasteiger charge is -2.50. The number of nitrogens with one attached hydrogen (secondary N) is 1. The lowest BCUT2D eigenvalue weighted by Crippen LogP contribution is -2.62. The maximum absolute atomic E-state index is 3.72. The number of rotatable bonds is 3. The van der Waals surface area contributed by atoms with Gasteiger partial charge in [-0.25, -0.2) is 0 Å². The van der Waals surface area contributed by atoms with Crippen molar-refractivity contribution in [1.82, 2.24) is 10.2 Å². The third-order valence-electron chi connectivity index (χ3n) is 4.59. The number of piperazine rings is 1.